The molecule has 1 saturated heterocycles. The van der Waals surface area contributed by atoms with Crippen LogP contribution in [0.2, 0.25) is 5.02 Å². The van der Waals surface area contributed by atoms with Gasteiger partial charge in [-0.15, -0.1) is 0 Å². The van der Waals surface area contributed by atoms with Crippen molar-refractivity contribution in [3.63, 3.8) is 0 Å². The van der Waals surface area contributed by atoms with Crippen molar-refractivity contribution >= 4 is 40.0 Å². The summed E-state index contributed by atoms with van der Waals surface area (Å²) >= 11 is 5.83. The highest BCUT2D eigenvalue weighted by molar-refractivity contribution is 6.31. The lowest BCUT2D eigenvalue weighted by Gasteiger charge is -2.16. The normalized spacial score (nSPS) is 14.3. The Morgan fingerprint density at radius 1 is 1.21 bits per heavy atom. The largest absolute Gasteiger partial charge is 0.343 e. The summed E-state index contributed by atoms with van der Waals surface area (Å²) in [5.74, 6) is 0.748. The highest BCUT2D eigenvalue weighted by atomic mass is 35.5. The smallest absolute Gasteiger partial charge is 0.165 e. The molecule has 0 saturated carbocycles. The Hall–Kier alpha value is -2.51. The molecule has 1 fully saturated rings. The predicted molar refractivity (Wildman–Crippen MR) is 92.2 cm³/mol. The second-order valence-electron chi connectivity index (χ2n) is 5.41. The van der Waals surface area contributed by atoms with Crippen molar-refractivity contribution in [3.05, 3.63) is 47.5 Å². The fraction of sp³-hybridized carbons (Fsp3) is 0.188. The van der Waals surface area contributed by atoms with E-state index in [0.717, 1.165) is 25.6 Å². The Kier molecular flexibility index (Phi) is 3.87. The van der Waals surface area contributed by atoms with Gasteiger partial charge in [-0.3, -0.25) is 5.32 Å². The van der Waals surface area contributed by atoms with Crippen molar-refractivity contribution in [1.82, 2.24) is 20.3 Å². The van der Waals surface area contributed by atoms with E-state index in [9.17, 15) is 4.39 Å². The van der Waals surface area contributed by atoms with Crippen LogP contribution in [0, 0.1) is 5.82 Å². The van der Waals surface area contributed by atoms with E-state index in [1.807, 2.05) is 12.1 Å². The van der Waals surface area contributed by atoms with Crippen LogP contribution in [-0.4, -0.2) is 34.7 Å². The van der Waals surface area contributed by atoms with E-state index < -0.39 is 5.82 Å². The van der Waals surface area contributed by atoms with Crippen molar-refractivity contribution in [3.8, 4) is 0 Å². The van der Waals surface area contributed by atoms with Crippen LogP contribution in [-0.2, 0) is 0 Å². The van der Waals surface area contributed by atoms with Crippen LogP contribution in [0.15, 0.2) is 36.7 Å². The second kappa shape index (κ2) is 6.18. The minimum atomic E-state index is -0.522. The van der Waals surface area contributed by atoms with Crippen LogP contribution in [0.4, 0.5) is 21.7 Å². The van der Waals surface area contributed by atoms with E-state index in [1.54, 1.807) is 12.1 Å². The molecular weight excluding hydrogens is 331 g/mol. The number of halogens is 2. The second-order valence-corrected chi connectivity index (χ2v) is 5.81. The van der Waals surface area contributed by atoms with Crippen LogP contribution < -0.4 is 15.5 Å². The molecule has 4 rings (SSSR count). The van der Waals surface area contributed by atoms with Crippen molar-refractivity contribution in [2.75, 3.05) is 30.0 Å². The van der Waals surface area contributed by atoms with E-state index in [2.05, 4.69) is 30.5 Å². The summed E-state index contributed by atoms with van der Waals surface area (Å²) in [4.78, 5) is 15.2. The Labute approximate surface area is 142 Å². The topological polar surface area (TPSA) is 66.0 Å². The van der Waals surface area contributed by atoms with Gasteiger partial charge in [-0.2, -0.15) is 0 Å². The molecule has 1 aliphatic heterocycles. The molecule has 0 spiro atoms. The summed E-state index contributed by atoms with van der Waals surface area (Å²) in [5, 5.41) is 6.28. The maximum absolute atomic E-state index is 14.1. The first-order valence-electron chi connectivity index (χ1n) is 7.51. The summed E-state index contributed by atoms with van der Waals surface area (Å²) in [6.07, 6.45) is 1.42. The highest BCUT2D eigenvalue weighted by Gasteiger charge is 2.15. The first-order chi connectivity index (χ1) is 11.7. The molecule has 8 heteroatoms. The Morgan fingerprint density at radius 2 is 2.12 bits per heavy atom. The quantitative estimate of drug-likeness (QED) is 0.761. The average molecular weight is 345 g/mol. The molecule has 3 heterocycles. The molecule has 2 aromatic heterocycles. The number of pyridine rings is 1. The van der Waals surface area contributed by atoms with Gasteiger partial charge >= 0.3 is 0 Å². The summed E-state index contributed by atoms with van der Waals surface area (Å²) in [6, 6.07) is 8.58. The molecule has 122 valence electrons. The van der Waals surface area contributed by atoms with Gasteiger partial charge in [0.25, 0.3) is 0 Å². The minimum absolute atomic E-state index is 0.0511. The number of rotatable bonds is 3. The molecule has 0 unspecified atom stereocenters. The van der Waals surface area contributed by atoms with E-state index >= 15 is 0 Å². The van der Waals surface area contributed by atoms with Gasteiger partial charge in [0.2, 0.25) is 0 Å². The Morgan fingerprint density at radius 3 is 2.96 bits per heavy atom. The van der Waals surface area contributed by atoms with Crippen LogP contribution in [0.25, 0.3) is 11.0 Å². The zero-order valence-corrected chi connectivity index (χ0v) is 13.4. The molecule has 6 nitrogen and oxygen atoms in total. The van der Waals surface area contributed by atoms with Crippen LogP contribution in [0.1, 0.15) is 0 Å². The van der Waals surface area contributed by atoms with Crippen LogP contribution in [0.3, 0.4) is 0 Å². The lowest BCUT2D eigenvalue weighted by Crippen LogP contribution is -2.22. The van der Waals surface area contributed by atoms with E-state index in [4.69, 9.17) is 11.6 Å². The molecule has 24 heavy (non-hydrogen) atoms. The molecule has 1 aromatic carbocycles. The first-order valence-corrected chi connectivity index (χ1v) is 7.88. The third kappa shape index (κ3) is 2.72. The van der Waals surface area contributed by atoms with E-state index in [-0.39, 0.29) is 10.7 Å². The molecule has 0 bridgehead atoms. The number of aromatic nitrogens is 3. The van der Waals surface area contributed by atoms with Crippen LogP contribution >= 0.6 is 11.6 Å². The predicted octanol–water partition coefficient (Wildman–Crippen LogP) is 2.93. The number of hydrogen-bond donors (Lipinski definition) is 2. The standard InChI is InChI=1S/C16H14ClFN6/c17-10-2-1-3-11(14(10)18)22-16-15-12(20-8-21-16)4-5-13(23-15)24-7-6-19-9-24/h1-5,8,19H,6-7,9H2,(H,20,21,22). The number of hydrogen-bond acceptors (Lipinski definition) is 6. The van der Waals surface area contributed by atoms with Gasteiger partial charge in [0.1, 0.15) is 17.7 Å². The summed E-state index contributed by atoms with van der Waals surface area (Å²) in [5.41, 5.74) is 1.52. The number of nitrogens with zero attached hydrogens (tertiary/aromatic N) is 4. The minimum Gasteiger partial charge on any atom is -0.343 e. The van der Waals surface area contributed by atoms with Gasteiger partial charge in [0, 0.05) is 13.1 Å². The lowest BCUT2D eigenvalue weighted by molar-refractivity contribution is 0.632. The van der Waals surface area contributed by atoms with E-state index in [0.29, 0.717) is 16.9 Å². The van der Waals surface area contributed by atoms with Crippen molar-refractivity contribution < 1.29 is 4.39 Å². The van der Waals surface area contributed by atoms with Gasteiger partial charge in [-0.25, -0.2) is 19.3 Å². The maximum atomic E-state index is 14.1. The maximum Gasteiger partial charge on any atom is 0.165 e. The van der Waals surface area contributed by atoms with Gasteiger partial charge in [0.05, 0.1) is 22.9 Å². The number of fused-ring (bicyclic) bond motifs is 1. The monoisotopic (exact) mass is 344 g/mol. The van der Waals surface area contributed by atoms with E-state index in [1.165, 1.54) is 12.4 Å². The lowest BCUT2D eigenvalue weighted by atomic mass is 10.3. The van der Waals surface area contributed by atoms with Gasteiger partial charge in [-0.1, -0.05) is 17.7 Å². The molecule has 3 aromatic rings. The fourth-order valence-electron chi connectivity index (χ4n) is 2.63. The molecule has 0 aliphatic carbocycles. The molecule has 0 radical (unpaired) electrons. The van der Waals surface area contributed by atoms with Gasteiger partial charge in [0.15, 0.2) is 11.6 Å². The summed E-state index contributed by atoms with van der Waals surface area (Å²) in [6.45, 7) is 2.56. The number of anilines is 3. The SMILES string of the molecule is Fc1c(Cl)cccc1Nc1ncnc2ccc(N3CCNC3)nc12. The zero-order valence-electron chi connectivity index (χ0n) is 12.6. The van der Waals surface area contributed by atoms with Crippen molar-refractivity contribution in [1.29, 1.82) is 0 Å². The zero-order chi connectivity index (χ0) is 16.5. The molecule has 2 N–H and O–H groups in total. The Balaban J connectivity index is 1.76. The molecule has 1 aliphatic rings. The summed E-state index contributed by atoms with van der Waals surface area (Å²) < 4.78 is 14.1. The van der Waals surface area contributed by atoms with Crippen molar-refractivity contribution in [2.24, 2.45) is 0 Å². The average Bonchev–Trinajstić information content (AvgIpc) is 3.13. The van der Waals surface area contributed by atoms with Crippen molar-refractivity contribution in [2.45, 2.75) is 0 Å². The fourth-order valence-corrected chi connectivity index (χ4v) is 2.80. The van der Waals surface area contributed by atoms with Crippen LogP contribution in [0.5, 0.6) is 0 Å². The van der Waals surface area contributed by atoms with Gasteiger partial charge in [-0.05, 0) is 24.3 Å². The molecule has 0 atom stereocenters. The van der Waals surface area contributed by atoms with Gasteiger partial charge < -0.3 is 10.2 Å². The third-order valence-corrected chi connectivity index (χ3v) is 4.15. The molecular formula is C16H14ClFN6. The highest BCUT2D eigenvalue weighted by Crippen LogP contribution is 2.28. The Bertz CT molecular complexity index is 897. The summed E-state index contributed by atoms with van der Waals surface area (Å²) in [7, 11) is 0. The number of benzene rings is 1. The third-order valence-electron chi connectivity index (χ3n) is 3.86. The molecule has 0 amide bonds. The number of nitrogens with one attached hydrogen (secondary N) is 2. The first kappa shape index (κ1) is 15.0.